The van der Waals surface area contributed by atoms with Crippen LogP contribution in [-0.4, -0.2) is 18.4 Å². The summed E-state index contributed by atoms with van der Waals surface area (Å²) < 4.78 is 0.901. The van der Waals surface area contributed by atoms with E-state index in [4.69, 9.17) is 0 Å². The van der Waals surface area contributed by atoms with Gasteiger partial charge in [0.05, 0.1) is 0 Å². The van der Waals surface area contributed by atoms with Gasteiger partial charge in [0.1, 0.15) is 0 Å². The molecule has 18 heavy (non-hydrogen) atoms. The SMILES string of the molecule is CC(=O)c1ccc(N2CC(C)CCC2C)cc1Br. The molecule has 98 valence electrons. The molecule has 1 fully saturated rings. The normalized spacial score (nSPS) is 24.1. The summed E-state index contributed by atoms with van der Waals surface area (Å²) in [5, 5.41) is 0. The molecular weight excluding hydrogens is 290 g/mol. The van der Waals surface area contributed by atoms with E-state index in [-0.39, 0.29) is 5.78 Å². The van der Waals surface area contributed by atoms with Crippen LogP contribution in [-0.2, 0) is 0 Å². The first-order valence-corrected chi connectivity index (χ1v) is 7.35. The Bertz CT molecular complexity index is 458. The van der Waals surface area contributed by atoms with E-state index in [1.165, 1.54) is 18.5 Å². The number of piperidine rings is 1. The van der Waals surface area contributed by atoms with Crippen LogP contribution >= 0.6 is 15.9 Å². The van der Waals surface area contributed by atoms with E-state index >= 15 is 0 Å². The summed E-state index contributed by atoms with van der Waals surface area (Å²) >= 11 is 3.50. The number of nitrogens with zero attached hydrogens (tertiary/aromatic N) is 1. The number of halogens is 1. The molecule has 0 bridgehead atoms. The molecule has 1 heterocycles. The van der Waals surface area contributed by atoms with E-state index < -0.39 is 0 Å². The van der Waals surface area contributed by atoms with Gasteiger partial charge < -0.3 is 4.90 Å². The summed E-state index contributed by atoms with van der Waals surface area (Å²) in [5.41, 5.74) is 1.97. The number of ketones is 1. The Balaban J connectivity index is 2.28. The molecule has 0 aromatic heterocycles. The minimum Gasteiger partial charge on any atom is -0.369 e. The molecule has 3 heteroatoms. The lowest BCUT2D eigenvalue weighted by molar-refractivity contribution is 0.101. The van der Waals surface area contributed by atoms with Crippen molar-refractivity contribution in [1.29, 1.82) is 0 Å². The largest absolute Gasteiger partial charge is 0.369 e. The molecule has 1 aromatic carbocycles. The zero-order valence-corrected chi connectivity index (χ0v) is 12.8. The predicted octanol–water partition coefficient (Wildman–Crippen LogP) is 4.28. The minimum atomic E-state index is 0.105. The minimum absolute atomic E-state index is 0.105. The van der Waals surface area contributed by atoms with Gasteiger partial charge in [-0.25, -0.2) is 0 Å². The monoisotopic (exact) mass is 309 g/mol. The van der Waals surface area contributed by atoms with Crippen LogP contribution in [0.3, 0.4) is 0 Å². The third kappa shape index (κ3) is 2.77. The van der Waals surface area contributed by atoms with Gasteiger partial charge >= 0.3 is 0 Å². The first-order valence-electron chi connectivity index (χ1n) is 6.56. The zero-order valence-electron chi connectivity index (χ0n) is 11.2. The van der Waals surface area contributed by atoms with Gasteiger partial charge in [-0.2, -0.15) is 0 Å². The van der Waals surface area contributed by atoms with E-state index in [1.807, 2.05) is 6.07 Å². The van der Waals surface area contributed by atoms with Crippen molar-refractivity contribution in [1.82, 2.24) is 0 Å². The van der Waals surface area contributed by atoms with Gasteiger partial charge in [-0.1, -0.05) is 6.92 Å². The Morgan fingerprint density at radius 2 is 2.06 bits per heavy atom. The molecule has 0 aliphatic carbocycles. The van der Waals surface area contributed by atoms with E-state index in [2.05, 4.69) is 46.8 Å². The van der Waals surface area contributed by atoms with Crippen LogP contribution in [0.5, 0.6) is 0 Å². The summed E-state index contributed by atoms with van der Waals surface area (Å²) in [4.78, 5) is 13.9. The van der Waals surface area contributed by atoms with Crippen molar-refractivity contribution in [3.63, 3.8) is 0 Å². The summed E-state index contributed by atoms with van der Waals surface area (Å²) in [6, 6.07) is 6.64. The van der Waals surface area contributed by atoms with E-state index in [0.29, 0.717) is 6.04 Å². The Kier molecular flexibility index (Phi) is 4.10. The van der Waals surface area contributed by atoms with Gasteiger partial charge in [-0.15, -0.1) is 0 Å². The lowest BCUT2D eigenvalue weighted by Gasteiger charge is -2.38. The summed E-state index contributed by atoms with van der Waals surface area (Å²) in [7, 11) is 0. The van der Waals surface area contributed by atoms with Crippen molar-refractivity contribution in [3.8, 4) is 0 Å². The molecule has 1 saturated heterocycles. The van der Waals surface area contributed by atoms with E-state index in [1.54, 1.807) is 6.92 Å². The maximum atomic E-state index is 11.4. The first-order chi connectivity index (χ1) is 8.49. The fourth-order valence-corrected chi connectivity index (χ4v) is 3.26. The maximum Gasteiger partial charge on any atom is 0.160 e. The number of carbonyl (C=O) groups excluding carboxylic acids is 1. The number of Topliss-reactive ketones (excluding diaryl/α,β-unsaturated/α-hetero) is 1. The second-order valence-corrected chi connectivity index (χ2v) is 6.26. The van der Waals surface area contributed by atoms with Gasteiger partial charge in [0, 0.05) is 28.3 Å². The molecular formula is C15H20BrNO. The zero-order chi connectivity index (χ0) is 13.3. The molecule has 0 spiro atoms. The fourth-order valence-electron chi connectivity index (χ4n) is 2.62. The van der Waals surface area contributed by atoms with Crippen LogP contribution in [0, 0.1) is 5.92 Å². The standard InChI is InChI=1S/C15H20BrNO/c1-10-4-5-11(2)17(9-10)13-6-7-14(12(3)18)15(16)8-13/h6-8,10-11H,4-5,9H2,1-3H3. The van der Waals surface area contributed by atoms with Crippen LogP contribution in [0.2, 0.25) is 0 Å². The van der Waals surface area contributed by atoms with Gasteiger partial charge in [-0.3, -0.25) is 4.79 Å². The van der Waals surface area contributed by atoms with Crippen molar-refractivity contribution in [2.24, 2.45) is 5.92 Å². The molecule has 0 radical (unpaired) electrons. The highest BCUT2D eigenvalue weighted by molar-refractivity contribution is 9.10. The number of hydrogen-bond donors (Lipinski definition) is 0. The summed E-state index contributed by atoms with van der Waals surface area (Å²) in [6.45, 7) is 7.29. The molecule has 2 atom stereocenters. The van der Waals surface area contributed by atoms with Crippen LogP contribution in [0.15, 0.2) is 22.7 Å². The molecule has 1 aliphatic rings. The fraction of sp³-hybridized carbons (Fsp3) is 0.533. The van der Waals surface area contributed by atoms with Crippen molar-refractivity contribution in [2.75, 3.05) is 11.4 Å². The van der Waals surface area contributed by atoms with E-state index in [9.17, 15) is 4.79 Å². The highest BCUT2D eigenvalue weighted by Gasteiger charge is 2.23. The third-order valence-electron chi connectivity index (χ3n) is 3.78. The van der Waals surface area contributed by atoms with Crippen LogP contribution in [0.1, 0.15) is 44.0 Å². The highest BCUT2D eigenvalue weighted by atomic mass is 79.9. The Hall–Kier alpha value is -0.830. The Morgan fingerprint density at radius 1 is 1.33 bits per heavy atom. The Morgan fingerprint density at radius 3 is 2.67 bits per heavy atom. The average Bonchev–Trinajstić information content (AvgIpc) is 2.31. The second-order valence-electron chi connectivity index (χ2n) is 5.40. The molecule has 1 aromatic rings. The van der Waals surface area contributed by atoms with Gasteiger partial charge in [0.25, 0.3) is 0 Å². The first kappa shape index (κ1) is 13.6. The van der Waals surface area contributed by atoms with Crippen LogP contribution < -0.4 is 4.90 Å². The van der Waals surface area contributed by atoms with Crippen LogP contribution in [0.4, 0.5) is 5.69 Å². The van der Waals surface area contributed by atoms with Gasteiger partial charge in [0.2, 0.25) is 0 Å². The third-order valence-corrected chi connectivity index (χ3v) is 4.44. The smallest absolute Gasteiger partial charge is 0.160 e. The summed E-state index contributed by atoms with van der Waals surface area (Å²) in [6.07, 6.45) is 2.55. The summed E-state index contributed by atoms with van der Waals surface area (Å²) in [5.74, 6) is 0.848. The molecule has 0 saturated carbocycles. The van der Waals surface area contributed by atoms with Crippen molar-refractivity contribution >= 4 is 27.4 Å². The number of carbonyl (C=O) groups is 1. The Labute approximate surface area is 117 Å². The lowest BCUT2D eigenvalue weighted by atomic mass is 9.94. The molecule has 2 rings (SSSR count). The molecule has 0 amide bonds. The number of benzene rings is 1. The van der Waals surface area contributed by atoms with Gasteiger partial charge in [0.15, 0.2) is 5.78 Å². The van der Waals surface area contributed by atoms with E-state index in [0.717, 1.165) is 22.5 Å². The van der Waals surface area contributed by atoms with Crippen molar-refractivity contribution < 1.29 is 4.79 Å². The second kappa shape index (κ2) is 5.43. The van der Waals surface area contributed by atoms with Gasteiger partial charge in [-0.05, 0) is 66.7 Å². The maximum absolute atomic E-state index is 11.4. The number of anilines is 1. The predicted molar refractivity (Wildman–Crippen MR) is 79.4 cm³/mol. The molecule has 0 N–H and O–H groups in total. The van der Waals surface area contributed by atoms with Crippen LogP contribution in [0.25, 0.3) is 0 Å². The molecule has 1 aliphatic heterocycles. The topological polar surface area (TPSA) is 20.3 Å². The van der Waals surface area contributed by atoms with Crippen molar-refractivity contribution in [2.45, 2.75) is 39.7 Å². The molecule has 2 unspecified atom stereocenters. The average molecular weight is 310 g/mol. The number of rotatable bonds is 2. The van der Waals surface area contributed by atoms with Crippen molar-refractivity contribution in [3.05, 3.63) is 28.2 Å². The molecule has 2 nitrogen and oxygen atoms in total. The highest BCUT2D eigenvalue weighted by Crippen LogP contribution is 2.30. The quantitative estimate of drug-likeness (QED) is 0.760. The lowest BCUT2D eigenvalue weighted by Crippen LogP contribution is -2.41. The number of hydrogen-bond acceptors (Lipinski definition) is 2.